The van der Waals surface area contributed by atoms with E-state index in [-0.39, 0.29) is 17.4 Å². The van der Waals surface area contributed by atoms with Gasteiger partial charge in [-0.1, -0.05) is 17.7 Å². The van der Waals surface area contributed by atoms with Crippen LogP contribution in [0.15, 0.2) is 29.2 Å². The van der Waals surface area contributed by atoms with E-state index >= 15 is 0 Å². The number of amides is 1. The van der Waals surface area contributed by atoms with Gasteiger partial charge in [-0.05, 0) is 31.9 Å². The van der Waals surface area contributed by atoms with Crippen LogP contribution in [0.4, 0.5) is 0 Å². The van der Waals surface area contributed by atoms with Gasteiger partial charge in [0.15, 0.2) is 0 Å². The zero-order valence-electron chi connectivity index (χ0n) is 15.5. The van der Waals surface area contributed by atoms with Gasteiger partial charge in [0.25, 0.3) is 10.0 Å². The number of carbonyl (C=O) groups is 1. The van der Waals surface area contributed by atoms with E-state index in [9.17, 15) is 13.2 Å². The number of hydrogen-bond acceptors (Lipinski definition) is 6. The van der Waals surface area contributed by atoms with Crippen LogP contribution >= 0.6 is 0 Å². The summed E-state index contributed by atoms with van der Waals surface area (Å²) < 4.78 is 42.5. The molecular formula is C18H27NO6S. The van der Waals surface area contributed by atoms with E-state index < -0.39 is 22.0 Å². The number of benzene rings is 1. The standard InChI is InChI=1S/C18H27NO6S/c1-14-4-6-17(7-5-14)26(21,22)19-16(13-24-3)12-15(18(19)20)8-9-25-11-10-23-2/h4-7,15-16H,8-13H2,1-3H3. The maximum absolute atomic E-state index is 13.0. The molecule has 26 heavy (non-hydrogen) atoms. The van der Waals surface area contributed by atoms with E-state index in [1.807, 2.05) is 6.92 Å². The number of rotatable bonds is 10. The Hall–Kier alpha value is -1.48. The SMILES string of the molecule is COCCOCCC1CC(COC)N(S(=O)(=O)c2ccc(C)cc2)C1=O. The summed E-state index contributed by atoms with van der Waals surface area (Å²) in [5, 5.41) is 0. The van der Waals surface area contributed by atoms with Crippen molar-refractivity contribution in [2.75, 3.05) is 40.6 Å². The maximum Gasteiger partial charge on any atom is 0.266 e. The number of carbonyl (C=O) groups excluding carboxylic acids is 1. The van der Waals surface area contributed by atoms with E-state index in [0.29, 0.717) is 32.7 Å². The Morgan fingerprint density at radius 1 is 1.08 bits per heavy atom. The topological polar surface area (TPSA) is 82.1 Å². The third-order valence-corrected chi connectivity index (χ3v) is 6.30. The molecule has 7 nitrogen and oxygen atoms in total. The third kappa shape index (κ3) is 4.82. The van der Waals surface area contributed by atoms with E-state index in [2.05, 4.69) is 0 Å². The van der Waals surface area contributed by atoms with E-state index in [1.54, 1.807) is 19.2 Å². The van der Waals surface area contributed by atoms with Crippen molar-refractivity contribution in [1.29, 1.82) is 0 Å². The van der Waals surface area contributed by atoms with E-state index in [1.165, 1.54) is 19.2 Å². The Morgan fingerprint density at radius 2 is 1.77 bits per heavy atom. The minimum atomic E-state index is -3.91. The minimum absolute atomic E-state index is 0.120. The van der Waals surface area contributed by atoms with Gasteiger partial charge in [0, 0.05) is 26.7 Å². The Balaban J connectivity index is 2.14. The Labute approximate surface area is 155 Å². The van der Waals surface area contributed by atoms with Crippen LogP contribution in [0.25, 0.3) is 0 Å². The maximum atomic E-state index is 13.0. The first-order valence-electron chi connectivity index (χ1n) is 8.62. The Morgan fingerprint density at radius 3 is 2.38 bits per heavy atom. The molecule has 146 valence electrons. The summed E-state index contributed by atoms with van der Waals surface area (Å²) in [5.41, 5.74) is 0.955. The summed E-state index contributed by atoms with van der Waals surface area (Å²) >= 11 is 0. The number of sulfonamides is 1. The number of nitrogens with zero attached hydrogens (tertiary/aromatic N) is 1. The number of hydrogen-bond donors (Lipinski definition) is 0. The predicted octanol–water partition coefficient (Wildman–Crippen LogP) is 1.60. The van der Waals surface area contributed by atoms with Gasteiger partial charge in [0.2, 0.25) is 5.91 Å². The minimum Gasteiger partial charge on any atom is -0.383 e. The van der Waals surface area contributed by atoms with Crippen molar-refractivity contribution in [3.63, 3.8) is 0 Å². The van der Waals surface area contributed by atoms with Gasteiger partial charge >= 0.3 is 0 Å². The van der Waals surface area contributed by atoms with Crippen molar-refractivity contribution in [2.45, 2.75) is 30.7 Å². The molecule has 1 heterocycles. The largest absolute Gasteiger partial charge is 0.383 e. The highest BCUT2D eigenvalue weighted by atomic mass is 32.2. The van der Waals surface area contributed by atoms with Crippen molar-refractivity contribution >= 4 is 15.9 Å². The fourth-order valence-electron chi connectivity index (χ4n) is 3.06. The van der Waals surface area contributed by atoms with Gasteiger partial charge in [0.05, 0.1) is 30.8 Å². The van der Waals surface area contributed by atoms with Gasteiger partial charge in [-0.25, -0.2) is 12.7 Å². The number of ether oxygens (including phenoxy) is 3. The lowest BCUT2D eigenvalue weighted by Crippen LogP contribution is -2.41. The Bertz CT molecular complexity index is 688. The highest BCUT2D eigenvalue weighted by molar-refractivity contribution is 7.89. The van der Waals surface area contributed by atoms with Crippen molar-refractivity contribution in [3.8, 4) is 0 Å². The average molecular weight is 385 g/mol. The van der Waals surface area contributed by atoms with E-state index in [0.717, 1.165) is 9.87 Å². The lowest BCUT2D eigenvalue weighted by atomic mass is 10.0. The van der Waals surface area contributed by atoms with Gasteiger partial charge in [0.1, 0.15) is 0 Å². The van der Waals surface area contributed by atoms with Crippen LogP contribution < -0.4 is 0 Å². The monoisotopic (exact) mass is 385 g/mol. The summed E-state index contributed by atoms with van der Waals surface area (Å²) in [5.74, 6) is -0.777. The summed E-state index contributed by atoms with van der Waals surface area (Å²) in [6.45, 7) is 3.38. The van der Waals surface area contributed by atoms with Crippen molar-refractivity contribution in [1.82, 2.24) is 4.31 Å². The van der Waals surface area contributed by atoms with Gasteiger partial charge < -0.3 is 14.2 Å². The highest BCUT2D eigenvalue weighted by Crippen LogP contribution is 2.33. The second-order valence-electron chi connectivity index (χ2n) is 6.39. The molecule has 0 bridgehead atoms. The van der Waals surface area contributed by atoms with Gasteiger partial charge in [-0.2, -0.15) is 0 Å². The Kier molecular flexibility index (Phi) is 7.57. The highest BCUT2D eigenvalue weighted by Gasteiger charge is 2.46. The van der Waals surface area contributed by atoms with Gasteiger partial charge in [-0.15, -0.1) is 0 Å². The number of methoxy groups -OCH3 is 2. The molecule has 0 saturated carbocycles. The first kappa shape index (κ1) is 20.8. The average Bonchev–Trinajstić information content (AvgIpc) is 2.91. The molecule has 2 rings (SSSR count). The molecule has 1 aliphatic rings. The van der Waals surface area contributed by atoms with Crippen molar-refractivity contribution in [3.05, 3.63) is 29.8 Å². The molecule has 0 aromatic heterocycles. The normalized spacial score (nSPS) is 20.7. The molecular weight excluding hydrogens is 358 g/mol. The summed E-state index contributed by atoms with van der Waals surface area (Å²) in [6.07, 6.45) is 0.911. The lowest BCUT2D eigenvalue weighted by molar-refractivity contribution is -0.128. The summed E-state index contributed by atoms with van der Waals surface area (Å²) in [4.78, 5) is 12.9. The molecule has 1 fully saturated rings. The smallest absolute Gasteiger partial charge is 0.266 e. The van der Waals surface area contributed by atoms with Crippen molar-refractivity contribution < 1.29 is 27.4 Å². The molecule has 1 aliphatic heterocycles. The van der Waals surface area contributed by atoms with Crippen LogP contribution in [0.3, 0.4) is 0 Å². The molecule has 2 unspecified atom stereocenters. The fourth-order valence-corrected chi connectivity index (χ4v) is 4.70. The third-order valence-electron chi connectivity index (χ3n) is 4.43. The quantitative estimate of drug-likeness (QED) is 0.569. The molecule has 1 saturated heterocycles. The van der Waals surface area contributed by atoms with Crippen LogP contribution in [0, 0.1) is 12.8 Å². The lowest BCUT2D eigenvalue weighted by Gasteiger charge is -2.23. The van der Waals surface area contributed by atoms with Crippen LogP contribution in [0.2, 0.25) is 0 Å². The molecule has 0 radical (unpaired) electrons. The van der Waals surface area contributed by atoms with Crippen LogP contribution in [-0.4, -0.2) is 65.3 Å². The molecule has 8 heteroatoms. The molecule has 1 amide bonds. The van der Waals surface area contributed by atoms with E-state index in [4.69, 9.17) is 14.2 Å². The summed E-state index contributed by atoms with van der Waals surface area (Å²) in [6, 6.07) is 6.01. The summed E-state index contributed by atoms with van der Waals surface area (Å²) in [7, 11) is -0.813. The zero-order chi connectivity index (χ0) is 19.2. The zero-order valence-corrected chi connectivity index (χ0v) is 16.3. The first-order chi connectivity index (χ1) is 12.4. The van der Waals surface area contributed by atoms with Crippen LogP contribution in [0.1, 0.15) is 18.4 Å². The van der Waals surface area contributed by atoms with Crippen LogP contribution in [-0.2, 0) is 29.0 Å². The van der Waals surface area contributed by atoms with Crippen molar-refractivity contribution in [2.24, 2.45) is 5.92 Å². The fraction of sp³-hybridized carbons (Fsp3) is 0.611. The predicted molar refractivity (Wildman–Crippen MR) is 96.3 cm³/mol. The van der Waals surface area contributed by atoms with Crippen LogP contribution in [0.5, 0.6) is 0 Å². The molecule has 0 aliphatic carbocycles. The first-order valence-corrected chi connectivity index (χ1v) is 10.1. The second-order valence-corrected chi connectivity index (χ2v) is 8.20. The van der Waals surface area contributed by atoms with Gasteiger partial charge in [-0.3, -0.25) is 4.79 Å². The molecule has 1 aromatic rings. The number of aryl methyl sites for hydroxylation is 1. The molecule has 0 spiro atoms. The molecule has 2 atom stereocenters. The second kappa shape index (κ2) is 9.45. The molecule has 0 N–H and O–H groups in total. The molecule has 1 aromatic carbocycles.